The molecule has 1 atom stereocenters. The predicted octanol–water partition coefficient (Wildman–Crippen LogP) is 3.22. The highest BCUT2D eigenvalue weighted by Crippen LogP contribution is 2.47. The zero-order valence-corrected chi connectivity index (χ0v) is 16.0. The quantitative estimate of drug-likeness (QED) is 0.748. The SMILES string of the molecule is C[NH+](C)Cc1ccccc1[C@]1(O)c2ccccc2CSc2ccccc21. The molecule has 0 fully saturated rings. The van der Waals surface area contributed by atoms with Gasteiger partial charge >= 0.3 is 0 Å². The van der Waals surface area contributed by atoms with Crippen LogP contribution in [0.3, 0.4) is 0 Å². The molecular formula is C23H24NOS+. The van der Waals surface area contributed by atoms with E-state index in [1.54, 1.807) is 11.8 Å². The highest BCUT2D eigenvalue weighted by Gasteiger charge is 2.40. The van der Waals surface area contributed by atoms with Gasteiger partial charge in [-0.2, -0.15) is 0 Å². The maximum Gasteiger partial charge on any atom is 0.142 e. The molecular weight excluding hydrogens is 338 g/mol. The van der Waals surface area contributed by atoms with Crippen molar-refractivity contribution in [3.63, 3.8) is 0 Å². The molecule has 0 saturated heterocycles. The van der Waals surface area contributed by atoms with Crippen LogP contribution in [0.2, 0.25) is 0 Å². The van der Waals surface area contributed by atoms with Gasteiger partial charge in [0, 0.05) is 27.3 Å². The third-order valence-corrected chi connectivity index (χ3v) is 6.14. The fraction of sp³-hybridized carbons (Fsp3) is 0.217. The first-order valence-corrected chi connectivity index (χ1v) is 9.99. The maximum absolute atomic E-state index is 12.3. The third kappa shape index (κ3) is 2.86. The van der Waals surface area contributed by atoms with E-state index in [0.717, 1.165) is 33.9 Å². The van der Waals surface area contributed by atoms with Gasteiger partial charge in [-0.3, -0.25) is 0 Å². The van der Waals surface area contributed by atoms with E-state index in [9.17, 15) is 5.11 Å². The van der Waals surface area contributed by atoms with Gasteiger partial charge in [-0.25, -0.2) is 0 Å². The third-order valence-electron chi connectivity index (χ3n) is 5.02. The number of nitrogens with one attached hydrogen (secondary N) is 1. The van der Waals surface area contributed by atoms with Crippen molar-refractivity contribution >= 4 is 11.8 Å². The van der Waals surface area contributed by atoms with Crippen molar-refractivity contribution in [3.05, 3.63) is 101 Å². The molecule has 26 heavy (non-hydrogen) atoms. The lowest BCUT2D eigenvalue weighted by molar-refractivity contribution is -0.872. The first kappa shape index (κ1) is 17.3. The summed E-state index contributed by atoms with van der Waals surface area (Å²) in [7, 11) is 4.29. The number of fused-ring (bicyclic) bond motifs is 2. The predicted molar refractivity (Wildman–Crippen MR) is 108 cm³/mol. The van der Waals surface area contributed by atoms with Gasteiger partial charge in [-0.15, -0.1) is 11.8 Å². The van der Waals surface area contributed by atoms with Crippen LogP contribution in [0.1, 0.15) is 27.8 Å². The molecule has 3 aromatic carbocycles. The molecule has 1 aliphatic heterocycles. The molecule has 0 bridgehead atoms. The summed E-state index contributed by atoms with van der Waals surface area (Å²) in [6.07, 6.45) is 0. The Hall–Kier alpha value is -2.07. The number of benzene rings is 3. The van der Waals surface area contributed by atoms with E-state index in [1.807, 2.05) is 18.2 Å². The first-order chi connectivity index (χ1) is 12.6. The van der Waals surface area contributed by atoms with Crippen molar-refractivity contribution in [1.82, 2.24) is 0 Å². The van der Waals surface area contributed by atoms with Crippen molar-refractivity contribution in [2.75, 3.05) is 14.1 Å². The van der Waals surface area contributed by atoms with Gasteiger partial charge in [0.1, 0.15) is 12.1 Å². The number of aliphatic hydroxyl groups is 1. The van der Waals surface area contributed by atoms with E-state index in [0.29, 0.717) is 0 Å². The minimum Gasteiger partial charge on any atom is -0.376 e. The van der Waals surface area contributed by atoms with Gasteiger partial charge < -0.3 is 10.0 Å². The fourth-order valence-corrected chi connectivity index (χ4v) is 5.00. The largest absolute Gasteiger partial charge is 0.376 e. The Morgan fingerprint density at radius 2 is 1.46 bits per heavy atom. The van der Waals surface area contributed by atoms with E-state index in [-0.39, 0.29) is 0 Å². The normalized spacial score (nSPS) is 18.9. The monoisotopic (exact) mass is 362 g/mol. The number of quaternary nitrogens is 1. The average molecular weight is 363 g/mol. The lowest BCUT2D eigenvalue weighted by Gasteiger charge is -2.33. The Balaban J connectivity index is 2.04. The molecule has 3 aromatic rings. The van der Waals surface area contributed by atoms with Gasteiger partial charge in [-0.1, -0.05) is 66.7 Å². The van der Waals surface area contributed by atoms with Crippen molar-refractivity contribution in [2.45, 2.75) is 22.8 Å². The molecule has 0 amide bonds. The van der Waals surface area contributed by atoms with E-state index in [2.05, 4.69) is 68.7 Å². The molecule has 0 aromatic heterocycles. The zero-order valence-electron chi connectivity index (χ0n) is 15.2. The zero-order chi connectivity index (χ0) is 18.1. The molecule has 0 spiro atoms. The Bertz CT molecular complexity index is 887. The summed E-state index contributed by atoms with van der Waals surface area (Å²) in [6.45, 7) is 0.871. The fourth-order valence-electron chi connectivity index (χ4n) is 3.89. The summed E-state index contributed by atoms with van der Waals surface area (Å²) in [4.78, 5) is 2.49. The molecule has 0 saturated carbocycles. The summed E-state index contributed by atoms with van der Waals surface area (Å²) < 4.78 is 0. The number of thioether (sulfide) groups is 1. The molecule has 1 heterocycles. The van der Waals surface area contributed by atoms with Crippen LogP contribution >= 0.6 is 11.8 Å². The van der Waals surface area contributed by atoms with Gasteiger partial charge in [0.25, 0.3) is 0 Å². The highest BCUT2D eigenvalue weighted by atomic mass is 32.2. The summed E-state index contributed by atoms with van der Waals surface area (Å²) in [5.74, 6) is 0.872. The van der Waals surface area contributed by atoms with Crippen LogP contribution in [0, 0.1) is 0 Å². The second kappa shape index (κ2) is 6.92. The van der Waals surface area contributed by atoms with Crippen LogP contribution in [-0.4, -0.2) is 19.2 Å². The molecule has 3 heteroatoms. The number of hydrogen-bond donors (Lipinski definition) is 2. The molecule has 1 aliphatic rings. The van der Waals surface area contributed by atoms with Crippen molar-refractivity contribution in [3.8, 4) is 0 Å². The number of hydrogen-bond acceptors (Lipinski definition) is 2. The van der Waals surface area contributed by atoms with E-state index < -0.39 is 5.60 Å². The average Bonchev–Trinajstić information content (AvgIpc) is 2.78. The summed E-state index contributed by atoms with van der Waals surface area (Å²) in [6, 6.07) is 24.9. The van der Waals surface area contributed by atoms with Crippen LogP contribution < -0.4 is 4.90 Å². The summed E-state index contributed by atoms with van der Waals surface area (Å²) in [5.41, 5.74) is 4.22. The second-order valence-corrected chi connectivity index (χ2v) is 8.21. The highest BCUT2D eigenvalue weighted by molar-refractivity contribution is 7.98. The van der Waals surface area contributed by atoms with Crippen LogP contribution in [0.25, 0.3) is 0 Å². The molecule has 0 unspecified atom stereocenters. The molecule has 2 N–H and O–H groups in total. The Kier molecular flexibility index (Phi) is 4.62. The van der Waals surface area contributed by atoms with Gasteiger partial charge in [0.05, 0.1) is 14.1 Å². The van der Waals surface area contributed by atoms with Crippen LogP contribution in [0.15, 0.2) is 77.7 Å². The topological polar surface area (TPSA) is 24.7 Å². The smallest absolute Gasteiger partial charge is 0.142 e. The van der Waals surface area contributed by atoms with Crippen molar-refractivity contribution in [1.29, 1.82) is 0 Å². The van der Waals surface area contributed by atoms with E-state index >= 15 is 0 Å². The van der Waals surface area contributed by atoms with Crippen molar-refractivity contribution in [2.24, 2.45) is 0 Å². The standard InChI is InChI=1S/C23H23NOS/c1-24(2)15-17-9-3-5-11-19(17)23(25)20-12-6-4-10-18(20)16-26-22-14-8-7-13-21(22)23/h3-14,25H,15-16H2,1-2H3/p+1/t23-/m0/s1. The first-order valence-electron chi connectivity index (χ1n) is 9.01. The minimum absolute atomic E-state index is 0.871. The van der Waals surface area contributed by atoms with E-state index in [4.69, 9.17) is 0 Å². The maximum atomic E-state index is 12.3. The lowest BCUT2D eigenvalue weighted by atomic mass is 9.77. The van der Waals surface area contributed by atoms with Crippen LogP contribution in [0.5, 0.6) is 0 Å². The molecule has 0 radical (unpaired) electrons. The van der Waals surface area contributed by atoms with Gasteiger partial charge in [-0.05, 0) is 17.2 Å². The lowest BCUT2D eigenvalue weighted by Crippen LogP contribution is -3.04. The van der Waals surface area contributed by atoms with Gasteiger partial charge in [0.15, 0.2) is 0 Å². The second-order valence-electron chi connectivity index (χ2n) is 7.19. The van der Waals surface area contributed by atoms with Crippen molar-refractivity contribution < 1.29 is 10.0 Å². The van der Waals surface area contributed by atoms with Crippen LogP contribution in [0.4, 0.5) is 0 Å². The minimum atomic E-state index is -1.14. The number of rotatable bonds is 3. The summed E-state index contributed by atoms with van der Waals surface area (Å²) >= 11 is 1.80. The molecule has 4 rings (SSSR count). The molecule has 2 nitrogen and oxygen atoms in total. The molecule has 132 valence electrons. The van der Waals surface area contributed by atoms with E-state index in [1.165, 1.54) is 16.0 Å². The Morgan fingerprint density at radius 3 is 2.23 bits per heavy atom. The summed E-state index contributed by atoms with van der Waals surface area (Å²) in [5, 5.41) is 12.3. The van der Waals surface area contributed by atoms with Gasteiger partial charge in [0.2, 0.25) is 0 Å². The Labute approximate surface area is 159 Å². The Morgan fingerprint density at radius 1 is 0.846 bits per heavy atom. The molecule has 0 aliphatic carbocycles. The van der Waals surface area contributed by atoms with Crippen LogP contribution in [-0.2, 0) is 17.9 Å².